The molecule has 2 aromatic rings. The summed E-state index contributed by atoms with van der Waals surface area (Å²) in [6, 6.07) is 11.5. The minimum absolute atomic E-state index is 0.185. The summed E-state index contributed by atoms with van der Waals surface area (Å²) in [5, 5.41) is 13.1. The van der Waals surface area contributed by atoms with Crippen molar-refractivity contribution in [3.63, 3.8) is 0 Å². The number of hydrogen-bond donors (Lipinski definition) is 3. The first-order chi connectivity index (χ1) is 9.72. The van der Waals surface area contributed by atoms with Gasteiger partial charge >= 0.3 is 0 Å². The Morgan fingerprint density at radius 1 is 1.20 bits per heavy atom. The molecule has 106 valence electrons. The van der Waals surface area contributed by atoms with Crippen molar-refractivity contribution < 1.29 is 5.11 Å². The Morgan fingerprint density at radius 2 is 1.95 bits per heavy atom. The molecule has 2 N–H and O–H groups in total. The van der Waals surface area contributed by atoms with Crippen molar-refractivity contribution in [2.24, 2.45) is 0 Å². The van der Waals surface area contributed by atoms with Crippen LogP contribution in [0.15, 0.2) is 47.4 Å². The molecule has 1 aromatic heterocycles. The third-order valence-electron chi connectivity index (χ3n) is 3.02. The fraction of sp³-hybridized carbons (Fsp3) is 0.267. The molecule has 0 fully saturated rings. The highest BCUT2D eigenvalue weighted by atomic mass is 32.1. The minimum Gasteiger partial charge on any atom is -0.503 e. The lowest BCUT2D eigenvalue weighted by Gasteiger charge is -2.10. The Kier molecular flexibility index (Phi) is 5.26. The van der Waals surface area contributed by atoms with Crippen LogP contribution >= 0.6 is 12.6 Å². The van der Waals surface area contributed by atoms with Crippen molar-refractivity contribution in [2.75, 3.05) is 12.3 Å². The number of pyridine rings is 1. The van der Waals surface area contributed by atoms with Gasteiger partial charge in [-0.05, 0) is 11.6 Å². The Morgan fingerprint density at radius 3 is 2.65 bits per heavy atom. The quantitative estimate of drug-likeness (QED) is 0.560. The van der Waals surface area contributed by atoms with Crippen molar-refractivity contribution in [2.45, 2.75) is 13.1 Å². The summed E-state index contributed by atoms with van der Waals surface area (Å²) < 4.78 is 1.51. The molecule has 0 bridgehead atoms. The van der Waals surface area contributed by atoms with Gasteiger partial charge in [0.2, 0.25) is 0 Å². The molecule has 2 rings (SSSR count). The second kappa shape index (κ2) is 7.17. The highest BCUT2D eigenvalue weighted by Crippen LogP contribution is 2.11. The molecule has 0 unspecified atom stereocenters. The van der Waals surface area contributed by atoms with Gasteiger partial charge in [-0.15, -0.1) is 0 Å². The lowest BCUT2D eigenvalue weighted by Crippen LogP contribution is -2.23. The number of benzene rings is 1. The molecule has 4 nitrogen and oxygen atoms in total. The van der Waals surface area contributed by atoms with Crippen LogP contribution < -0.4 is 10.9 Å². The Balaban J connectivity index is 2.16. The standard InChI is InChI=1S/C15H18N2O2S/c18-14-13(10-16-7-9-20)6-8-17(15(14)19)11-12-4-2-1-3-5-12/h1-6,8,16,18,20H,7,9-11H2. The largest absolute Gasteiger partial charge is 0.503 e. The number of nitrogens with zero attached hydrogens (tertiary/aromatic N) is 1. The molecular formula is C15H18N2O2S. The molecule has 0 aliphatic carbocycles. The van der Waals surface area contributed by atoms with Gasteiger partial charge in [-0.3, -0.25) is 4.79 Å². The molecule has 0 aliphatic heterocycles. The van der Waals surface area contributed by atoms with E-state index in [1.807, 2.05) is 30.3 Å². The minimum atomic E-state index is -0.362. The van der Waals surface area contributed by atoms with E-state index >= 15 is 0 Å². The number of hydrogen-bond acceptors (Lipinski definition) is 4. The van der Waals surface area contributed by atoms with Crippen LogP contribution in [0.3, 0.4) is 0 Å². The van der Waals surface area contributed by atoms with Gasteiger partial charge in [-0.25, -0.2) is 0 Å². The smallest absolute Gasteiger partial charge is 0.293 e. The molecule has 20 heavy (non-hydrogen) atoms. The van der Waals surface area contributed by atoms with Crippen LogP contribution in [0, 0.1) is 0 Å². The molecule has 0 saturated carbocycles. The first-order valence-electron chi connectivity index (χ1n) is 6.49. The first-order valence-corrected chi connectivity index (χ1v) is 7.12. The number of thiol groups is 1. The molecular weight excluding hydrogens is 272 g/mol. The second-order valence-electron chi connectivity index (χ2n) is 4.51. The van der Waals surface area contributed by atoms with Crippen LogP contribution in [0.25, 0.3) is 0 Å². The summed E-state index contributed by atoms with van der Waals surface area (Å²) in [6.07, 6.45) is 1.72. The monoisotopic (exact) mass is 290 g/mol. The lowest BCUT2D eigenvalue weighted by molar-refractivity contribution is 0.449. The van der Waals surface area contributed by atoms with Gasteiger partial charge in [0.1, 0.15) is 0 Å². The Bertz CT molecular complexity index is 611. The SMILES string of the molecule is O=c1c(O)c(CNCCS)ccn1Cc1ccccc1. The average Bonchev–Trinajstić information content (AvgIpc) is 2.48. The summed E-state index contributed by atoms with van der Waals surface area (Å²) in [7, 11) is 0. The zero-order valence-electron chi connectivity index (χ0n) is 11.1. The third kappa shape index (κ3) is 3.65. The van der Waals surface area contributed by atoms with Gasteiger partial charge in [0.25, 0.3) is 5.56 Å². The molecule has 0 radical (unpaired) electrons. The van der Waals surface area contributed by atoms with Gasteiger partial charge in [0.15, 0.2) is 5.75 Å². The molecule has 0 aliphatic rings. The fourth-order valence-corrected chi connectivity index (χ4v) is 2.11. The lowest BCUT2D eigenvalue weighted by atomic mass is 10.2. The number of nitrogens with one attached hydrogen (secondary N) is 1. The summed E-state index contributed by atoms with van der Waals surface area (Å²) in [5.41, 5.74) is 1.27. The molecule has 1 aromatic carbocycles. The van der Waals surface area contributed by atoms with E-state index in [-0.39, 0.29) is 11.3 Å². The number of aromatic nitrogens is 1. The summed E-state index contributed by atoms with van der Waals surface area (Å²) in [5.74, 6) is 0.529. The van der Waals surface area contributed by atoms with Gasteiger partial charge in [0.05, 0.1) is 6.54 Å². The average molecular weight is 290 g/mol. The molecule has 0 spiro atoms. The zero-order chi connectivity index (χ0) is 14.4. The molecule has 0 saturated heterocycles. The van der Waals surface area contributed by atoms with Gasteiger partial charge < -0.3 is 15.0 Å². The number of rotatable bonds is 6. The second-order valence-corrected chi connectivity index (χ2v) is 4.96. The van der Waals surface area contributed by atoms with E-state index in [1.165, 1.54) is 4.57 Å². The summed E-state index contributed by atoms with van der Waals surface area (Å²) in [6.45, 7) is 1.65. The van der Waals surface area contributed by atoms with E-state index in [1.54, 1.807) is 12.3 Å². The predicted octanol–water partition coefficient (Wildman–Crippen LogP) is 1.62. The zero-order valence-corrected chi connectivity index (χ0v) is 12.0. The van der Waals surface area contributed by atoms with Crippen molar-refractivity contribution >= 4 is 12.6 Å². The normalized spacial score (nSPS) is 10.7. The summed E-state index contributed by atoms with van der Waals surface area (Å²) in [4.78, 5) is 12.1. The van der Waals surface area contributed by atoms with E-state index in [4.69, 9.17) is 0 Å². The summed E-state index contributed by atoms with van der Waals surface area (Å²) >= 11 is 4.09. The maximum absolute atomic E-state index is 12.1. The van der Waals surface area contributed by atoms with E-state index in [0.29, 0.717) is 24.4 Å². The maximum Gasteiger partial charge on any atom is 0.293 e. The Hall–Kier alpha value is -1.72. The molecule has 0 atom stereocenters. The molecule has 5 heteroatoms. The van der Waals surface area contributed by atoms with Crippen molar-refractivity contribution in [1.82, 2.24) is 9.88 Å². The Labute approximate surface area is 123 Å². The van der Waals surface area contributed by atoms with Crippen molar-refractivity contribution in [3.8, 4) is 5.75 Å². The molecule has 0 amide bonds. The predicted molar refractivity (Wildman–Crippen MR) is 83.5 cm³/mol. The van der Waals surface area contributed by atoms with Crippen LogP contribution in [-0.2, 0) is 13.1 Å². The van der Waals surface area contributed by atoms with Crippen molar-refractivity contribution in [1.29, 1.82) is 0 Å². The molecule has 1 heterocycles. The topological polar surface area (TPSA) is 54.3 Å². The number of aromatic hydroxyl groups is 1. The van der Waals surface area contributed by atoms with E-state index in [9.17, 15) is 9.90 Å². The van der Waals surface area contributed by atoms with Crippen molar-refractivity contribution in [3.05, 3.63) is 64.1 Å². The van der Waals surface area contributed by atoms with E-state index in [2.05, 4.69) is 17.9 Å². The van der Waals surface area contributed by atoms with Crippen LogP contribution in [-0.4, -0.2) is 22.0 Å². The van der Waals surface area contributed by atoms with Gasteiger partial charge in [-0.2, -0.15) is 12.6 Å². The van der Waals surface area contributed by atoms with Crippen LogP contribution in [0.5, 0.6) is 5.75 Å². The van der Waals surface area contributed by atoms with E-state index in [0.717, 1.165) is 12.1 Å². The van der Waals surface area contributed by atoms with Gasteiger partial charge in [0, 0.05) is 30.6 Å². The van der Waals surface area contributed by atoms with E-state index < -0.39 is 0 Å². The van der Waals surface area contributed by atoms with Gasteiger partial charge in [-0.1, -0.05) is 30.3 Å². The van der Waals surface area contributed by atoms with Crippen LogP contribution in [0.4, 0.5) is 0 Å². The van der Waals surface area contributed by atoms with Crippen LogP contribution in [0.1, 0.15) is 11.1 Å². The van der Waals surface area contributed by atoms with Crippen LogP contribution in [0.2, 0.25) is 0 Å². The first kappa shape index (κ1) is 14.7. The third-order valence-corrected chi connectivity index (χ3v) is 3.25. The highest BCUT2D eigenvalue weighted by molar-refractivity contribution is 7.80. The fourth-order valence-electron chi connectivity index (χ4n) is 1.95. The highest BCUT2D eigenvalue weighted by Gasteiger charge is 2.08. The maximum atomic E-state index is 12.1.